The summed E-state index contributed by atoms with van der Waals surface area (Å²) in [6.07, 6.45) is 3.35. The van der Waals surface area contributed by atoms with Crippen LogP contribution >= 0.6 is 0 Å². The summed E-state index contributed by atoms with van der Waals surface area (Å²) in [5.41, 5.74) is 3.38. The van der Waals surface area contributed by atoms with Crippen LogP contribution in [-0.2, 0) is 20.8 Å². The molecule has 0 saturated heterocycles. The number of esters is 2. The summed E-state index contributed by atoms with van der Waals surface area (Å²) in [4.78, 5) is 33.1. The molecule has 1 aromatic heterocycles. The summed E-state index contributed by atoms with van der Waals surface area (Å²) in [5.74, 6) is -1.28. The second-order valence-electron chi connectivity index (χ2n) is 11.0. The standard InChI is InChI=1S/C33H42N2O4/c1-7-8-21-38-32(37)31-27(18-14-20-34-31)28(22-30(36)39-33(4,5)6)26-17-12-13-19-29(26)35(24(2)3)23-25-15-10-9-11-16-25/h9-20,24,28H,7-8,21-23H2,1-6H3/t28-/m0/s1. The van der Waals surface area contributed by atoms with E-state index in [0.717, 1.165) is 24.1 Å². The van der Waals surface area contributed by atoms with Gasteiger partial charge in [0.05, 0.1) is 13.0 Å². The predicted octanol–water partition coefficient (Wildman–Crippen LogP) is 7.32. The summed E-state index contributed by atoms with van der Waals surface area (Å²) in [6.45, 7) is 13.0. The van der Waals surface area contributed by atoms with E-state index in [-0.39, 0.29) is 24.1 Å². The fourth-order valence-corrected chi connectivity index (χ4v) is 4.55. The monoisotopic (exact) mass is 530 g/mol. The van der Waals surface area contributed by atoms with Crippen molar-refractivity contribution in [2.24, 2.45) is 0 Å². The first kappa shape index (κ1) is 29.9. The number of para-hydroxylation sites is 1. The Morgan fingerprint density at radius 3 is 2.26 bits per heavy atom. The van der Waals surface area contributed by atoms with Gasteiger partial charge < -0.3 is 14.4 Å². The maximum atomic E-state index is 13.2. The molecule has 0 unspecified atom stereocenters. The van der Waals surface area contributed by atoms with E-state index in [0.29, 0.717) is 18.7 Å². The number of unbranched alkanes of at least 4 members (excludes halogenated alkanes) is 1. The lowest BCUT2D eigenvalue weighted by atomic mass is 9.85. The Labute approximate surface area is 233 Å². The molecule has 39 heavy (non-hydrogen) atoms. The van der Waals surface area contributed by atoms with E-state index in [4.69, 9.17) is 9.47 Å². The minimum absolute atomic E-state index is 0.0620. The van der Waals surface area contributed by atoms with Crippen molar-refractivity contribution < 1.29 is 19.1 Å². The first-order valence-electron chi connectivity index (χ1n) is 13.8. The highest BCUT2D eigenvalue weighted by Crippen LogP contribution is 2.38. The number of ether oxygens (including phenoxy) is 2. The average Bonchev–Trinajstić information content (AvgIpc) is 2.90. The van der Waals surface area contributed by atoms with Crippen molar-refractivity contribution in [1.82, 2.24) is 4.98 Å². The fourth-order valence-electron chi connectivity index (χ4n) is 4.55. The zero-order valence-corrected chi connectivity index (χ0v) is 24.1. The number of anilines is 1. The minimum atomic E-state index is -0.630. The van der Waals surface area contributed by atoms with Crippen molar-refractivity contribution in [3.8, 4) is 0 Å². The van der Waals surface area contributed by atoms with Crippen molar-refractivity contribution in [2.75, 3.05) is 11.5 Å². The van der Waals surface area contributed by atoms with Gasteiger partial charge in [0.25, 0.3) is 0 Å². The molecular weight excluding hydrogens is 488 g/mol. The highest BCUT2D eigenvalue weighted by atomic mass is 16.6. The molecule has 0 bridgehead atoms. The van der Waals surface area contributed by atoms with E-state index < -0.39 is 17.5 Å². The predicted molar refractivity (Wildman–Crippen MR) is 156 cm³/mol. The van der Waals surface area contributed by atoms with E-state index >= 15 is 0 Å². The van der Waals surface area contributed by atoms with Gasteiger partial charge in [-0.3, -0.25) is 4.79 Å². The Morgan fingerprint density at radius 2 is 1.59 bits per heavy atom. The molecule has 3 rings (SSSR count). The number of benzene rings is 2. The van der Waals surface area contributed by atoms with Crippen molar-refractivity contribution in [3.05, 3.63) is 95.3 Å². The lowest BCUT2D eigenvalue weighted by Crippen LogP contribution is -2.32. The lowest BCUT2D eigenvalue weighted by molar-refractivity contribution is -0.155. The number of aromatic nitrogens is 1. The molecule has 0 amide bonds. The van der Waals surface area contributed by atoms with Gasteiger partial charge in [0.1, 0.15) is 5.60 Å². The zero-order chi connectivity index (χ0) is 28.4. The molecule has 1 heterocycles. The molecule has 6 nitrogen and oxygen atoms in total. The summed E-state index contributed by atoms with van der Waals surface area (Å²) >= 11 is 0. The Morgan fingerprint density at radius 1 is 0.923 bits per heavy atom. The first-order valence-corrected chi connectivity index (χ1v) is 13.8. The van der Waals surface area contributed by atoms with Crippen LogP contribution in [0.4, 0.5) is 5.69 Å². The quantitative estimate of drug-likeness (QED) is 0.181. The fraction of sp³-hybridized carbons (Fsp3) is 0.424. The Kier molecular flexibility index (Phi) is 10.7. The molecule has 0 aliphatic carbocycles. The molecule has 0 aliphatic heterocycles. The van der Waals surface area contributed by atoms with Crippen LogP contribution in [-0.4, -0.2) is 35.2 Å². The number of pyridine rings is 1. The van der Waals surface area contributed by atoms with Crippen LogP contribution in [0.2, 0.25) is 0 Å². The van der Waals surface area contributed by atoms with Gasteiger partial charge in [-0.1, -0.05) is 67.9 Å². The molecule has 3 aromatic rings. The Balaban J connectivity index is 2.12. The highest BCUT2D eigenvalue weighted by Gasteiger charge is 2.30. The average molecular weight is 531 g/mol. The molecule has 0 fully saturated rings. The second kappa shape index (κ2) is 13.9. The Hall–Kier alpha value is -3.67. The van der Waals surface area contributed by atoms with Gasteiger partial charge in [0, 0.05) is 30.4 Å². The maximum Gasteiger partial charge on any atom is 0.357 e. The third-order valence-corrected chi connectivity index (χ3v) is 6.37. The molecule has 6 heteroatoms. The summed E-state index contributed by atoms with van der Waals surface area (Å²) in [7, 11) is 0. The van der Waals surface area contributed by atoms with Crippen LogP contribution in [0.5, 0.6) is 0 Å². The minimum Gasteiger partial charge on any atom is -0.461 e. The van der Waals surface area contributed by atoms with Crippen LogP contribution in [0.15, 0.2) is 72.9 Å². The van der Waals surface area contributed by atoms with Crippen LogP contribution in [0.3, 0.4) is 0 Å². The molecule has 0 spiro atoms. The molecule has 2 aromatic carbocycles. The van der Waals surface area contributed by atoms with E-state index in [2.05, 4.69) is 41.9 Å². The van der Waals surface area contributed by atoms with Gasteiger partial charge in [-0.25, -0.2) is 9.78 Å². The Bertz CT molecular complexity index is 1220. The lowest BCUT2D eigenvalue weighted by Gasteiger charge is -2.33. The van der Waals surface area contributed by atoms with Crippen molar-refractivity contribution in [1.29, 1.82) is 0 Å². The van der Waals surface area contributed by atoms with Crippen molar-refractivity contribution in [2.45, 2.75) is 84.9 Å². The maximum absolute atomic E-state index is 13.2. The van der Waals surface area contributed by atoms with E-state index in [1.54, 1.807) is 12.3 Å². The normalized spacial score (nSPS) is 12.2. The molecule has 0 aliphatic rings. The third-order valence-electron chi connectivity index (χ3n) is 6.37. The van der Waals surface area contributed by atoms with Gasteiger partial charge >= 0.3 is 11.9 Å². The van der Waals surface area contributed by atoms with Crippen LogP contribution < -0.4 is 4.90 Å². The van der Waals surface area contributed by atoms with Crippen LogP contribution in [0.1, 0.15) is 93.9 Å². The largest absolute Gasteiger partial charge is 0.461 e. The smallest absolute Gasteiger partial charge is 0.357 e. The van der Waals surface area contributed by atoms with E-state index in [1.165, 1.54) is 5.56 Å². The van der Waals surface area contributed by atoms with Crippen molar-refractivity contribution >= 4 is 17.6 Å². The number of carbonyl (C=O) groups is 2. The molecule has 1 atom stereocenters. The van der Waals surface area contributed by atoms with Gasteiger partial charge in [-0.05, 0) is 69.9 Å². The molecule has 0 saturated carbocycles. The number of carbonyl (C=O) groups excluding carboxylic acids is 2. The molecule has 0 radical (unpaired) electrons. The summed E-state index contributed by atoms with van der Waals surface area (Å²) in [6, 6.07) is 22.2. The third kappa shape index (κ3) is 8.67. The number of rotatable bonds is 12. The van der Waals surface area contributed by atoms with Crippen LogP contribution in [0, 0.1) is 0 Å². The van der Waals surface area contributed by atoms with Gasteiger partial charge in [0.15, 0.2) is 5.69 Å². The van der Waals surface area contributed by atoms with Gasteiger partial charge in [-0.2, -0.15) is 0 Å². The second-order valence-corrected chi connectivity index (χ2v) is 11.0. The summed E-state index contributed by atoms with van der Waals surface area (Å²) in [5, 5.41) is 0. The summed E-state index contributed by atoms with van der Waals surface area (Å²) < 4.78 is 11.3. The van der Waals surface area contributed by atoms with Crippen molar-refractivity contribution in [3.63, 3.8) is 0 Å². The van der Waals surface area contributed by atoms with Gasteiger partial charge in [0.2, 0.25) is 0 Å². The molecule has 0 N–H and O–H groups in total. The van der Waals surface area contributed by atoms with Crippen LogP contribution in [0.25, 0.3) is 0 Å². The van der Waals surface area contributed by atoms with E-state index in [9.17, 15) is 9.59 Å². The molecular formula is C33H42N2O4. The zero-order valence-electron chi connectivity index (χ0n) is 24.1. The SMILES string of the molecule is CCCCOC(=O)c1ncccc1[C@@H](CC(=O)OC(C)(C)C)c1ccccc1N(Cc1ccccc1)C(C)C. The molecule has 208 valence electrons. The first-order chi connectivity index (χ1) is 18.6. The van der Waals surface area contributed by atoms with E-state index in [1.807, 2.05) is 70.2 Å². The van der Waals surface area contributed by atoms with Gasteiger partial charge in [-0.15, -0.1) is 0 Å². The number of hydrogen-bond acceptors (Lipinski definition) is 6. The number of hydrogen-bond donors (Lipinski definition) is 0. The highest BCUT2D eigenvalue weighted by molar-refractivity contribution is 5.90. The topological polar surface area (TPSA) is 68.7 Å². The number of nitrogens with zero attached hydrogens (tertiary/aromatic N) is 2.